The third-order valence-electron chi connectivity index (χ3n) is 4.18. The fraction of sp³-hybridized carbons (Fsp3) is 0.238. The van der Waals surface area contributed by atoms with E-state index >= 15 is 0 Å². The zero-order chi connectivity index (χ0) is 19.2. The number of nitrogens with zero attached hydrogens (tertiary/aromatic N) is 3. The van der Waals surface area contributed by atoms with E-state index in [2.05, 4.69) is 16.8 Å². The van der Waals surface area contributed by atoms with E-state index in [4.69, 9.17) is 14.2 Å². The third kappa shape index (κ3) is 4.14. The molecule has 0 N–H and O–H groups in total. The predicted molar refractivity (Wildman–Crippen MR) is 108 cm³/mol. The largest absolute Gasteiger partial charge is 0.493 e. The van der Waals surface area contributed by atoms with Crippen LogP contribution in [0.5, 0.6) is 17.2 Å². The molecule has 0 bridgehead atoms. The van der Waals surface area contributed by atoms with Gasteiger partial charge in [-0.05, 0) is 24.3 Å². The standard InChI is InChI=1S/C21H21N3O3S/c1-2-12-24-20(19-15-26-17-10-6-7-11-18(17)27-19)22-23-21(24)28-14-13-25-16-8-4-3-5-9-16/h2-11,19H,1,12-15H2. The second-order valence-corrected chi connectivity index (χ2v) is 7.18. The summed E-state index contributed by atoms with van der Waals surface area (Å²) in [5.41, 5.74) is 0. The lowest BCUT2D eigenvalue weighted by Gasteiger charge is -2.26. The molecule has 0 fully saturated rings. The molecule has 1 atom stereocenters. The van der Waals surface area contributed by atoms with Crippen LogP contribution in [-0.4, -0.2) is 33.7 Å². The van der Waals surface area contributed by atoms with Crippen LogP contribution < -0.4 is 14.2 Å². The van der Waals surface area contributed by atoms with Crippen molar-refractivity contribution in [1.82, 2.24) is 14.8 Å². The summed E-state index contributed by atoms with van der Waals surface area (Å²) in [5.74, 6) is 3.83. The molecule has 3 aromatic rings. The molecule has 144 valence electrons. The molecule has 6 nitrogen and oxygen atoms in total. The highest BCUT2D eigenvalue weighted by molar-refractivity contribution is 7.99. The summed E-state index contributed by atoms with van der Waals surface area (Å²) in [6, 6.07) is 17.4. The molecule has 1 unspecified atom stereocenters. The summed E-state index contributed by atoms with van der Waals surface area (Å²) < 4.78 is 19.7. The van der Waals surface area contributed by atoms with Gasteiger partial charge in [-0.3, -0.25) is 4.57 Å². The summed E-state index contributed by atoms with van der Waals surface area (Å²) in [7, 11) is 0. The summed E-state index contributed by atoms with van der Waals surface area (Å²) in [6.45, 7) is 5.44. The van der Waals surface area contributed by atoms with Crippen LogP contribution in [0.25, 0.3) is 0 Å². The lowest BCUT2D eigenvalue weighted by atomic mass is 10.2. The van der Waals surface area contributed by atoms with Crippen LogP contribution in [0.4, 0.5) is 0 Å². The Balaban J connectivity index is 1.42. The Labute approximate surface area is 168 Å². The molecule has 0 aliphatic carbocycles. The van der Waals surface area contributed by atoms with E-state index in [1.54, 1.807) is 11.8 Å². The molecular weight excluding hydrogens is 374 g/mol. The van der Waals surface area contributed by atoms with Gasteiger partial charge >= 0.3 is 0 Å². The number of fused-ring (bicyclic) bond motifs is 1. The monoisotopic (exact) mass is 395 g/mol. The van der Waals surface area contributed by atoms with E-state index in [1.807, 2.05) is 65.2 Å². The molecule has 4 rings (SSSR count). The van der Waals surface area contributed by atoms with Crippen LogP contribution in [0.15, 0.2) is 72.4 Å². The summed E-state index contributed by atoms with van der Waals surface area (Å²) in [6.07, 6.45) is 1.52. The van der Waals surface area contributed by atoms with Crippen molar-refractivity contribution in [1.29, 1.82) is 0 Å². The molecule has 7 heteroatoms. The van der Waals surface area contributed by atoms with Gasteiger partial charge in [-0.1, -0.05) is 48.2 Å². The van der Waals surface area contributed by atoms with Crippen molar-refractivity contribution in [3.05, 3.63) is 73.1 Å². The topological polar surface area (TPSA) is 58.4 Å². The molecule has 0 spiro atoms. The SMILES string of the molecule is C=CCn1c(SCCOc2ccccc2)nnc1C1COc2ccccc2O1. The van der Waals surface area contributed by atoms with Crippen molar-refractivity contribution in [2.75, 3.05) is 19.0 Å². The van der Waals surface area contributed by atoms with Gasteiger partial charge < -0.3 is 14.2 Å². The van der Waals surface area contributed by atoms with Crippen LogP contribution >= 0.6 is 11.8 Å². The first-order valence-corrected chi connectivity index (χ1v) is 10.1. The minimum atomic E-state index is -0.308. The molecular formula is C21H21N3O3S. The first-order valence-electron chi connectivity index (χ1n) is 9.08. The molecule has 28 heavy (non-hydrogen) atoms. The molecule has 2 heterocycles. The quantitative estimate of drug-likeness (QED) is 0.324. The Kier molecular flexibility index (Phi) is 5.82. The van der Waals surface area contributed by atoms with Gasteiger partial charge in [0, 0.05) is 12.3 Å². The molecule has 1 aromatic heterocycles. The van der Waals surface area contributed by atoms with Crippen molar-refractivity contribution in [2.45, 2.75) is 17.8 Å². The highest BCUT2D eigenvalue weighted by atomic mass is 32.2. The van der Waals surface area contributed by atoms with Crippen molar-refractivity contribution in [3.63, 3.8) is 0 Å². The highest BCUT2D eigenvalue weighted by Gasteiger charge is 2.28. The van der Waals surface area contributed by atoms with Gasteiger partial charge in [-0.15, -0.1) is 16.8 Å². The lowest BCUT2D eigenvalue weighted by Crippen LogP contribution is -2.25. The molecule has 1 aliphatic rings. The first kappa shape index (κ1) is 18.4. The summed E-state index contributed by atoms with van der Waals surface area (Å²) in [4.78, 5) is 0. The molecule has 1 aliphatic heterocycles. The van der Waals surface area contributed by atoms with Crippen LogP contribution in [0.1, 0.15) is 11.9 Å². The van der Waals surface area contributed by atoms with E-state index in [1.165, 1.54) is 0 Å². The number of ether oxygens (including phenoxy) is 3. The van der Waals surface area contributed by atoms with E-state index in [0.717, 1.165) is 34.0 Å². The second-order valence-electron chi connectivity index (χ2n) is 6.11. The zero-order valence-corrected chi connectivity index (χ0v) is 16.2. The molecule has 0 saturated carbocycles. The maximum atomic E-state index is 6.09. The smallest absolute Gasteiger partial charge is 0.192 e. The number of rotatable bonds is 8. The maximum absolute atomic E-state index is 6.09. The summed E-state index contributed by atoms with van der Waals surface area (Å²) >= 11 is 1.60. The van der Waals surface area contributed by atoms with E-state index in [9.17, 15) is 0 Å². The Morgan fingerprint density at radius 3 is 2.71 bits per heavy atom. The van der Waals surface area contributed by atoms with Gasteiger partial charge in [-0.25, -0.2) is 0 Å². The number of aromatic nitrogens is 3. The normalized spacial score (nSPS) is 15.2. The Morgan fingerprint density at radius 1 is 1.11 bits per heavy atom. The number of hydrogen-bond donors (Lipinski definition) is 0. The number of para-hydroxylation sites is 3. The second kappa shape index (κ2) is 8.84. The van der Waals surface area contributed by atoms with Crippen LogP contribution in [0, 0.1) is 0 Å². The fourth-order valence-corrected chi connectivity index (χ4v) is 3.67. The van der Waals surface area contributed by atoms with Crippen LogP contribution in [0.2, 0.25) is 0 Å². The highest BCUT2D eigenvalue weighted by Crippen LogP contribution is 2.36. The summed E-state index contributed by atoms with van der Waals surface area (Å²) in [5, 5.41) is 9.53. The molecule has 0 saturated heterocycles. The van der Waals surface area contributed by atoms with Gasteiger partial charge in [0.1, 0.15) is 12.4 Å². The zero-order valence-electron chi connectivity index (χ0n) is 15.4. The van der Waals surface area contributed by atoms with E-state index in [0.29, 0.717) is 19.8 Å². The number of benzene rings is 2. The van der Waals surface area contributed by atoms with Crippen LogP contribution in [0.3, 0.4) is 0 Å². The predicted octanol–water partition coefficient (Wildman–Crippen LogP) is 4.15. The van der Waals surface area contributed by atoms with Crippen molar-refractivity contribution < 1.29 is 14.2 Å². The Morgan fingerprint density at radius 2 is 1.89 bits per heavy atom. The molecule has 2 aromatic carbocycles. The lowest BCUT2D eigenvalue weighted by molar-refractivity contribution is 0.0821. The van der Waals surface area contributed by atoms with Gasteiger partial charge in [0.15, 0.2) is 28.6 Å². The van der Waals surface area contributed by atoms with Gasteiger partial charge in [0.2, 0.25) is 0 Å². The van der Waals surface area contributed by atoms with E-state index in [-0.39, 0.29) is 6.10 Å². The third-order valence-corrected chi connectivity index (χ3v) is 5.11. The minimum Gasteiger partial charge on any atom is -0.493 e. The molecule has 0 amide bonds. The van der Waals surface area contributed by atoms with Crippen molar-refractivity contribution in [3.8, 4) is 17.2 Å². The van der Waals surface area contributed by atoms with Crippen molar-refractivity contribution >= 4 is 11.8 Å². The van der Waals surface area contributed by atoms with Gasteiger partial charge in [0.25, 0.3) is 0 Å². The Hall–Kier alpha value is -2.93. The average Bonchev–Trinajstić information content (AvgIpc) is 3.14. The first-order chi connectivity index (χ1) is 13.8. The van der Waals surface area contributed by atoms with Gasteiger partial charge in [0.05, 0.1) is 6.61 Å². The fourth-order valence-electron chi connectivity index (χ4n) is 2.90. The van der Waals surface area contributed by atoms with E-state index < -0.39 is 0 Å². The average molecular weight is 395 g/mol. The van der Waals surface area contributed by atoms with Crippen LogP contribution in [-0.2, 0) is 6.54 Å². The molecule has 0 radical (unpaired) electrons. The Bertz CT molecular complexity index is 930. The van der Waals surface area contributed by atoms with Crippen molar-refractivity contribution in [2.24, 2.45) is 0 Å². The number of hydrogen-bond acceptors (Lipinski definition) is 6. The maximum Gasteiger partial charge on any atom is 0.192 e. The number of allylic oxidation sites excluding steroid dienone is 1. The number of thioether (sulfide) groups is 1. The minimum absolute atomic E-state index is 0.308. The van der Waals surface area contributed by atoms with Gasteiger partial charge in [-0.2, -0.15) is 0 Å².